The third kappa shape index (κ3) is 3.88. The summed E-state index contributed by atoms with van der Waals surface area (Å²) >= 11 is 0. The van der Waals surface area contributed by atoms with Gasteiger partial charge >= 0.3 is 0 Å². The van der Waals surface area contributed by atoms with Gasteiger partial charge in [-0.2, -0.15) is 5.10 Å². The summed E-state index contributed by atoms with van der Waals surface area (Å²) in [5.74, 6) is 0.575. The van der Waals surface area contributed by atoms with Crippen molar-refractivity contribution in [2.24, 2.45) is 5.10 Å². The molecular weight excluding hydrogens is 294 g/mol. The lowest BCUT2D eigenvalue weighted by molar-refractivity contribution is -0.127. The van der Waals surface area contributed by atoms with Crippen molar-refractivity contribution in [2.45, 2.75) is 38.2 Å². The minimum atomic E-state index is -0.179. The molecule has 1 heterocycles. The first-order chi connectivity index (χ1) is 11.1. The maximum absolute atomic E-state index is 12.1. The van der Waals surface area contributed by atoms with Crippen LogP contribution >= 0.6 is 0 Å². The molecule has 0 atom stereocenters. The van der Waals surface area contributed by atoms with Gasteiger partial charge < -0.3 is 10.1 Å². The fourth-order valence-electron chi connectivity index (χ4n) is 2.86. The average molecular weight is 315 g/mol. The number of rotatable bonds is 5. The van der Waals surface area contributed by atoms with E-state index < -0.39 is 0 Å². The van der Waals surface area contributed by atoms with E-state index >= 15 is 0 Å². The quantitative estimate of drug-likeness (QED) is 0.903. The first kappa shape index (κ1) is 15.5. The van der Waals surface area contributed by atoms with Crippen molar-refractivity contribution in [3.63, 3.8) is 0 Å². The maximum atomic E-state index is 12.1. The number of nitrogens with one attached hydrogen (secondary N) is 1. The highest BCUT2D eigenvalue weighted by Crippen LogP contribution is 2.24. The molecule has 2 aliphatic rings. The van der Waals surface area contributed by atoms with Crippen LogP contribution in [0.1, 0.15) is 42.5 Å². The van der Waals surface area contributed by atoms with Gasteiger partial charge in [0.2, 0.25) is 5.91 Å². The van der Waals surface area contributed by atoms with Crippen molar-refractivity contribution in [2.75, 3.05) is 13.6 Å². The lowest BCUT2D eigenvalue weighted by Crippen LogP contribution is -2.29. The Morgan fingerprint density at radius 1 is 1.30 bits per heavy atom. The molecule has 1 aliphatic carbocycles. The lowest BCUT2D eigenvalue weighted by Gasteiger charge is -2.13. The van der Waals surface area contributed by atoms with E-state index in [4.69, 9.17) is 4.74 Å². The largest absolute Gasteiger partial charge is 0.490 e. The van der Waals surface area contributed by atoms with E-state index in [1.165, 1.54) is 17.9 Å². The number of carbonyl (C=O) groups is 2. The van der Waals surface area contributed by atoms with Gasteiger partial charge in [-0.05, 0) is 49.9 Å². The van der Waals surface area contributed by atoms with Crippen LogP contribution in [0.15, 0.2) is 29.4 Å². The fraction of sp³-hybridized carbons (Fsp3) is 0.471. The van der Waals surface area contributed by atoms with Crippen molar-refractivity contribution >= 4 is 17.5 Å². The van der Waals surface area contributed by atoms with Gasteiger partial charge in [0.25, 0.3) is 5.91 Å². The maximum Gasteiger partial charge on any atom is 0.251 e. The van der Waals surface area contributed by atoms with Crippen LogP contribution in [0.2, 0.25) is 0 Å². The molecule has 1 aromatic carbocycles. The summed E-state index contributed by atoms with van der Waals surface area (Å²) in [5.41, 5.74) is 1.24. The normalized spacial score (nSPS) is 18.2. The molecule has 2 amide bonds. The first-order valence-electron chi connectivity index (χ1n) is 7.99. The van der Waals surface area contributed by atoms with E-state index in [1.807, 2.05) is 12.1 Å². The standard InChI is InChI=1S/C17H21N3O3/c1-20-16(21)10-13(19-20)11-18-17(22)12-6-8-15(9-7-12)23-14-4-2-3-5-14/h6-9,14H,2-5,10-11H2,1H3,(H,18,22). The molecule has 6 nitrogen and oxygen atoms in total. The molecule has 0 spiro atoms. The van der Waals surface area contributed by atoms with E-state index in [9.17, 15) is 9.59 Å². The van der Waals surface area contributed by atoms with E-state index in [2.05, 4.69) is 10.4 Å². The number of hydrogen-bond acceptors (Lipinski definition) is 4. The Hall–Kier alpha value is -2.37. The molecule has 0 bridgehead atoms. The second-order valence-corrected chi connectivity index (χ2v) is 5.99. The Labute approximate surface area is 135 Å². The summed E-state index contributed by atoms with van der Waals surface area (Å²) in [7, 11) is 1.61. The molecule has 1 fully saturated rings. The van der Waals surface area contributed by atoms with Crippen molar-refractivity contribution in [3.05, 3.63) is 29.8 Å². The molecule has 3 rings (SSSR count). The Kier molecular flexibility index (Phi) is 4.60. The van der Waals surface area contributed by atoms with Crippen LogP contribution in [0, 0.1) is 0 Å². The van der Waals surface area contributed by atoms with Crippen molar-refractivity contribution in [3.8, 4) is 5.75 Å². The van der Waals surface area contributed by atoms with E-state index in [0.717, 1.165) is 18.6 Å². The van der Waals surface area contributed by atoms with Crippen molar-refractivity contribution in [1.29, 1.82) is 0 Å². The second-order valence-electron chi connectivity index (χ2n) is 5.99. The van der Waals surface area contributed by atoms with Crippen LogP contribution in [0.3, 0.4) is 0 Å². The summed E-state index contributed by atoms with van der Waals surface area (Å²) in [6.45, 7) is 0.287. The predicted molar refractivity (Wildman–Crippen MR) is 86.5 cm³/mol. The molecule has 1 saturated carbocycles. The highest BCUT2D eigenvalue weighted by atomic mass is 16.5. The fourth-order valence-corrected chi connectivity index (χ4v) is 2.86. The van der Waals surface area contributed by atoms with Crippen LogP contribution in [0.4, 0.5) is 0 Å². The number of nitrogens with zero attached hydrogens (tertiary/aromatic N) is 2. The van der Waals surface area contributed by atoms with Crippen molar-refractivity contribution in [1.82, 2.24) is 10.3 Å². The molecule has 122 valence electrons. The van der Waals surface area contributed by atoms with Crippen LogP contribution in [0.25, 0.3) is 0 Å². The van der Waals surface area contributed by atoms with Gasteiger partial charge in [-0.25, -0.2) is 5.01 Å². The number of hydrazone groups is 1. The zero-order chi connectivity index (χ0) is 16.2. The van der Waals surface area contributed by atoms with E-state index in [1.54, 1.807) is 19.2 Å². The Balaban J connectivity index is 1.51. The molecule has 6 heteroatoms. The summed E-state index contributed by atoms with van der Waals surface area (Å²) < 4.78 is 5.88. The van der Waals surface area contributed by atoms with Crippen molar-refractivity contribution < 1.29 is 14.3 Å². The second kappa shape index (κ2) is 6.81. The molecular formula is C17H21N3O3. The highest BCUT2D eigenvalue weighted by molar-refractivity contribution is 6.07. The molecule has 0 saturated heterocycles. The molecule has 1 aromatic rings. The van der Waals surface area contributed by atoms with Gasteiger partial charge in [0, 0.05) is 12.6 Å². The molecule has 1 aliphatic heterocycles. The van der Waals surface area contributed by atoms with Gasteiger partial charge in [-0.3, -0.25) is 9.59 Å². The lowest BCUT2D eigenvalue weighted by atomic mass is 10.2. The Morgan fingerprint density at radius 3 is 2.61 bits per heavy atom. The summed E-state index contributed by atoms with van der Waals surface area (Å²) in [6.07, 6.45) is 5.25. The smallest absolute Gasteiger partial charge is 0.251 e. The zero-order valence-corrected chi connectivity index (χ0v) is 13.2. The predicted octanol–water partition coefficient (Wildman–Crippen LogP) is 1.96. The van der Waals surface area contributed by atoms with E-state index in [0.29, 0.717) is 17.4 Å². The van der Waals surface area contributed by atoms with Gasteiger partial charge in [0.1, 0.15) is 5.75 Å². The molecule has 23 heavy (non-hydrogen) atoms. The molecule has 1 N–H and O–H groups in total. The van der Waals surface area contributed by atoms with Gasteiger partial charge in [0.05, 0.1) is 24.8 Å². The number of carbonyl (C=O) groups excluding carboxylic acids is 2. The van der Waals surface area contributed by atoms with Gasteiger partial charge in [-0.15, -0.1) is 0 Å². The number of amides is 2. The summed E-state index contributed by atoms with van der Waals surface area (Å²) in [5, 5.41) is 8.16. The monoisotopic (exact) mass is 315 g/mol. The molecule has 0 radical (unpaired) electrons. The minimum Gasteiger partial charge on any atom is -0.490 e. The highest BCUT2D eigenvalue weighted by Gasteiger charge is 2.20. The third-order valence-corrected chi connectivity index (χ3v) is 4.18. The van der Waals surface area contributed by atoms with Crippen LogP contribution in [0.5, 0.6) is 5.75 Å². The third-order valence-electron chi connectivity index (χ3n) is 4.18. The van der Waals surface area contributed by atoms with Crippen LogP contribution in [-0.4, -0.2) is 42.2 Å². The number of ether oxygens (including phenoxy) is 1. The van der Waals surface area contributed by atoms with Crippen LogP contribution < -0.4 is 10.1 Å². The zero-order valence-electron chi connectivity index (χ0n) is 13.2. The summed E-state index contributed by atoms with van der Waals surface area (Å²) in [4.78, 5) is 23.5. The van der Waals surface area contributed by atoms with E-state index in [-0.39, 0.29) is 24.8 Å². The Bertz CT molecular complexity index is 618. The number of benzene rings is 1. The first-order valence-corrected chi connectivity index (χ1v) is 7.99. The summed E-state index contributed by atoms with van der Waals surface area (Å²) in [6, 6.07) is 7.18. The van der Waals surface area contributed by atoms with Gasteiger partial charge in [-0.1, -0.05) is 0 Å². The van der Waals surface area contributed by atoms with Gasteiger partial charge in [0.15, 0.2) is 0 Å². The number of hydrogen-bond donors (Lipinski definition) is 1. The average Bonchev–Trinajstić information content (AvgIpc) is 3.16. The molecule has 0 unspecified atom stereocenters. The SMILES string of the molecule is CN1N=C(CNC(=O)c2ccc(OC3CCCC3)cc2)CC1=O. The topological polar surface area (TPSA) is 71.0 Å². The van der Waals surface area contributed by atoms with Crippen LogP contribution in [-0.2, 0) is 4.79 Å². The minimum absolute atomic E-state index is 0.0531. The Morgan fingerprint density at radius 2 is 2.00 bits per heavy atom. The molecule has 0 aromatic heterocycles.